The number of halogens is 1. The number of ether oxygens (including phenoxy) is 1. The van der Waals surface area contributed by atoms with Crippen LogP contribution in [0.15, 0.2) is 24.3 Å². The molecule has 0 saturated heterocycles. The quantitative estimate of drug-likeness (QED) is 0.763. The number of anilines is 1. The molecule has 0 fully saturated rings. The number of rotatable bonds is 2. The van der Waals surface area contributed by atoms with Crippen molar-refractivity contribution in [3.8, 4) is 12.3 Å². The van der Waals surface area contributed by atoms with Crippen LogP contribution in [0.5, 0.6) is 0 Å². The SMILES string of the molecule is C#CCN(C(=O)OC(C)(C)C)c1ccc(Cl)cc1. The first kappa shape index (κ1) is 14.4. The molecule has 1 aromatic rings. The van der Waals surface area contributed by atoms with Crippen molar-refractivity contribution < 1.29 is 9.53 Å². The highest BCUT2D eigenvalue weighted by Gasteiger charge is 2.22. The van der Waals surface area contributed by atoms with Crippen LogP contribution in [0.25, 0.3) is 0 Å². The molecule has 0 aromatic heterocycles. The number of nitrogens with zero attached hydrogens (tertiary/aromatic N) is 1. The first-order valence-electron chi connectivity index (χ1n) is 5.53. The first-order chi connectivity index (χ1) is 8.33. The van der Waals surface area contributed by atoms with Gasteiger partial charge in [0.15, 0.2) is 0 Å². The van der Waals surface area contributed by atoms with Gasteiger partial charge in [0.1, 0.15) is 5.60 Å². The summed E-state index contributed by atoms with van der Waals surface area (Å²) >= 11 is 5.80. The zero-order valence-corrected chi connectivity index (χ0v) is 11.5. The normalized spacial score (nSPS) is 10.6. The summed E-state index contributed by atoms with van der Waals surface area (Å²) in [5.41, 5.74) is 0.0997. The van der Waals surface area contributed by atoms with Crippen molar-refractivity contribution in [2.75, 3.05) is 11.4 Å². The van der Waals surface area contributed by atoms with E-state index >= 15 is 0 Å². The molecular weight excluding hydrogens is 250 g/mol. The van der Waals surface area contributed by atoms with Gasteiger partial charge in [-0.2, -0.15) is 0 Å². The maximum atomic E-state index is 12.0. The van der Waals surface area contributed by atoms with E-state index in [9.17, 15) is 4.79 Å². The number of hydrogen-bond acceptors (Lipinski definition) is 2. The second-order valence-corrected chi connectivity index (χ2v) is 5.18. The van der Waals surface area contributed by atoms with E-state index in [-0.39, 0.29) is 6.54 Å². The predicted octanol–water partition coefficient (Wildman–Crippen LogP) is 3.71. The van der Waals surface area contributed by atoms with Gasteiger partial charge in [0.25, 0.3) is 0 Å². The van der Waals surface area contributed by atoms with Crippen LogP contribution in [0.1, 0.15) is 20.8 Å². The van der Waals surface area contributed by atoms with Crippen molar-refractivity contribution >= 4 is 23.4 Å². The van der Waals surface area contributed by atoms with Crippen molar-refractivity contribution in [1.29, 1.82) is 0 Å². The van der Waals surface area contributed by atoms with E-state index in [1.165, 1.54) is 4.90 Å². The summed E-state index contributed by atoms with van der Waals surface area (Å²) in [5, 5.41) is 0.601. The van der Waals surface area contributed by atoms with Gasteiger partial charge in [0, 0.05) is 10.7 Å². The molecule has 0 heterocycles. The van der Waals surface area contributed by atoms with Crippen LogP contribution in [0, 0.1) is 12.3 Å². The molecule has 0 radical (unpaired) electrons. The van der Waals surface area contributed by atoms with E-state index in [0.717, 1.165) is 0 Å². The Morgan fingerprint density at radius 3 is 2.39 bits per heavy atom. The lowest BCUT2D eigenvalue weighted by molar-refractivity contribution is 0.0585. The molecule has 1 aromatic carbocycles. The Kier molecular flexibility index (Phi) is 4.63. The van der Waals surface area contributed by atoms with Crippen molar-refractivity contribution in [3.63, 3.8) is 0 Å². The van der Waals surface area contributed by atoms with Crippen molar-refractivity contribution in [3.05, 3.63) is 29.3 Å². The van der Waals surface area contributed by atoms with Gasteiger partial charge in [0.2, 0.25) is 0 Å². The first-order valence-corrected chi connectivity index (χ1v) is 5.91. The monoisotopic (exact) mass is 265 g/mol. The Bertz CT molecular complexity index is 454. The van der Waals surface area contributed by atoms with E-state index in [4.69, 9.17) is 22.8 Å². The standard InChI is InChI=1S/C14H16ClNO2/c1-5-10-16(13(17)18-14(2,3)4)12-8-6-11(15)7-9-12/h1,6-9H,10H2,2-4H3. The summed E-state index contributed by atoms with van der Waals surface area (Å²) in [6, 6.07) is 6.85. The minimum absolute atomic E-state index is 0.149. The van der Waals surface area contributed by atoms with Crippen LogP contribution in [0.2, 0.25) is 5.02 Å². The zero-order valence-electron chi connectivity index (χ0n) is 10.7. The summed E-state index contributed by atoms with van der Waals surface area (Å²) < 4.78 is 5.30. The van der Waals surface area contributed by atoms with Crippen molar-refractivity contribution in [2.24, 2.45) is 0 Å². The molecule has 0 aliphatic carbocycles. The van der Waals surface area contributed by atoms with Gasteiger partial charge >= 0.3 is 6.09 Å². The van der Waals surface area contributed by atoms with Gasteiger partial charge in [-0.25, -0.2) is 4.79 Å². The Labute approximate surface area is 113 Å². The third kappa shape index (κ3) is 4.31. The molecule has 3 nitrogen and oxygen atoms in total. The van der Waals surface area contributed by atoms with Gasteiger partial charge < -0.3 is 4.74 Å². The van der Waals surface area contributed by atoms with Crippen LogP contribution in [-0.2, 0) is 4.74 Å². The lowest BCUT2D eigenvalue weighted by atomic mass is 10.2. The van der Waals surface area contributed by atoms with Crippen LogP contribution in [0.4, 0.5) is 10.5 Å². The largest absolute Gasteiger partial charge is 0.443 e. The Morgan fingerprint density at radius 1 is 1.39 bits per heavy atom. The molecule has 0 unspecified atom stereocenters. The zero-order chi connectivity index (χ0) is 13.8. The highest BCUT2D eigenvalue weighted by molar-refractivity contribution is 6.30. The molecule has 1 rings (SSSR count). The smallest absolute Gasteiger partial charge is 0.415 e. The summed E-state index contributed by atoms with van der Waals surface area (Å²) in [4.78, 5) is 13.4. The maximum Gasteiger partial charge on any atom is 0.415 e. The van der Waals surface area contributed by atoms with E-state index < -0.39 is 11.7 Å². The summed E-state index contributed by atoms with van der Waals surface area (Å²) in [7, 11) is 0. The van der Waals surface area contributed by atoms with Crippen molar-refractivity contribution in [1.82, 2.24) is 0 Å². The lowest BCUT2D eigenvalue weighted by Crippen LogP contribution is -2.37. The highest BCUT2D eigenvalue weighted by atomic mass is 35.5. The van der Waals surface area contributed by atoms with Gasteiger partial charge in [-0.05, 0) is 45.0 Å². The summed E-state index contributed by atoms with van der Waals surface area (Å²) in [6.07, 6.45) is 4.80. The Hall–Kier alpha value is -1.66. The Balaban J connectivity index is 2.93. The average Bonchev–Trinajstić information content (AvgIpc) is 2.25. The third-order valence-electron chi connectivity index (χ3n) is 2.00. The van der Waals surface area contributed by atoms with E-state index in [2.05, 4.69) is 5.92 Å². The minimum Gasteiger partial charge on any atom is -0.443 e. The third-order valence-corrected chi connectivity index (χ3v) is 2.25. The summed E-state index contributed by atoms with van der Waals surface area (Å²) in [6.45, 7) is 5.57. The van der Waals surface area contributed by atoms with Crippen LogP contribution in [-0.4, -0.2) is 18.2 Å². The fraction of sp³-hybridized carbons (Fsp3) is 0.357. The molecule has 0 atom stereocenters. The second kappa shape index (κ2) is 5.79. The number of carbonyl (C=O) groups is 1. The second-order valence-electron chi connectivity index (χ2n) is 4.75. The van der Waals surface area contributed by atoms with E-state index in [1.807, 2.05) is 0 Å². The fourth-order valence-corrected chi connectivity index (χ4v) is 1.42. The number of carbonyl (C=O) groups excluding carboxylic acids is 1. The molecule has 1 amide bonds. The number of terminal acetylenes is 1. The molecule has 96 valence electrons. The predicted molar refractivity (Wildman–Crippen MR) is 73.9 cm³/mol. The molecule has 0 N–H and O–H groups in total. The molecule has 0 saturated carbocycles. The number of benzene rings is 1. The maximum absolute atomic E-state index is 12.0. The van der Waals surface area contributed by atoms with Crippen molar-refractivity contribution in [2.45, 2.75) is 26.4 Å². The molecule has 0 aliphatic heterocycles. The molecule has 4 heteroatoms. The molecule has 18 heavy (non-hydrogen) atoms. The molecule has 0 aliphatic rings. The number of amides is 1. The van der Waals surface area contributed by atoms with Gasteiger partial charge in [-0.15, -0.1) is 6.42 Å². The minimum atomic E-state index is -0.559. The van der Waals surface area contributed by atoms with Gasteiger partial charge in [-0.1, -0.05) is 17.5 Å². The summed E-state index contributed by atoms with van der Waals surface area (Å²) in [5.74, 6) is 2.44. The van der Waals surface area contributed by atoms with Crippen LogP contribution in [0.3, 0.4) is 0 Å². The van der Waals surface area contributed by atoms with Gasteiger partial charge in [-0.3, -0.25) is 4.90 Å². The highest BCUT2D eigenvalue weighted by Crippen LogP contribution is 2.20. The fourth-order valence-electron chi connectivity index (χ4n) is 1.29. The molecular formula is C14H16ClNO2. The number of hydrogen-bond donors (Lipinski definition) is 0. The average molecular weight is 266 g/mol. The van der Waals surface area contributed by atoms with Crippen LogP contribution >= 0.6 is 11.6 Å². The van der Waals surface area contributed by atoms with Gasteiger partial charge in [0.05, 0.1) is 6.54 Å². The van der Waals surface area contributed by atoms with E-state index in [1.54, 1.807) is 45.0 Å². The topological polar surface area (TPSA) is 29.5 Å². The Morgan fingerprint density at radius 2 is 1.94 bits per heavy atom. The van der Waals surface area contributed by atoms with E-state index in [0.29, 0.717) is 10.7 Å². The molecule has 0 spiro atoms. The molecule has 0 bridgehead atoms. The van der Waals surface area contributed by atoms with Crippen LogP contribution < -0.4 is 4.90 Å². The lowest BCUT2D eigenvalue weighted by Gasteiger charge is -2.26.